The van der Waals surface area contributed by atoms with Crippen molar-refractivity contribution in [2.45, 2.75) is 32.2 Å². The van der Waals surface area contributed by atoms with E-state index < -0.39 is 0 Å². The van der Waals surface area contributed by atoms with Crippen LogP contribution in [-0.2, 0) is 0 Å². The molecule has 4 N–H and O–H groups in total. The number of aryl methyl sites for hydroxylation is 1. The Balaban J connectivity index is 2.29. The Hall–Kier alpha value is -1.42. The first kappa shape index (κ1) is 11.1. The standard InChI is InChI=1S/C12H17N3O/c1-7-5-9(12(14)15-6-7)11(16)8-3-2-4-10(8)13/h5-6,8,10H,2-4,13H2,1H3,(H2,14,15). The molecule has 1 aromatic rings. The number of carbonyl (C=O) groups is 1. The number of hydrogen-bond donors (Lipinski definition) is 2. The third kappa shape index (κ3) is 1.93. The summed E-state index contributed by atoms with van der Waals surface area (Å²) in [6.07, 6.45) is 4.49. The second-order valence-corrected chi connectivity index (χ2v) is 4.51. The van der Waals surface area contributed by atoms with Crippen molar-refractivity contribution in [3.05, 3.63) is 23.4 Å². The molecule has 2 rings (SSSR count). The quantitative estimate of drug-likeness (QED) is 0.734. The van der Waals surface area contributed by atoms with Gasteiger partial charge in [0.15, 0.2) is 5.78 Å². The molecule has 0 aliphatic heterocycles. The number of nitrogens with two attached hydrogens (primary N) is 2. The van der Waals surface area contributed by atoms with Crippen molar-refractivity contribution in [3.63, 3.8) is 0 Å². The highest BCUT2D eigenvalue weighted by Crippen LogP contribution is 2.28. The fourth-order valence-electron chi connectivity index (χ4n) is 2.29. The van der Waals surface area contributed by atoms with Gasteiger partial charge < -0.3 is 11.5 Å². The number of Topliss-reactive ketones (excluding diaryl/α,β-unsaturated/α-hetero) is 1. The fraction of sp³-hybridized carbons (Fsp3) is 0.500. The Morgan fingerprint density at radius 1 is 1.50 bits per heavy atom. The zero-order valence-corrected chi connectivity index (χ0v) is 9.44. The highest BCUT2D eigenvalue weighted by molar-refractivity contribution is 6.02. The number of hydrogen-bond acceptors (Lipinski definition) is 4. The van der Waals surface area contributed by atoms with Crippen molar-refractivity contribution in [2.24, 2.45) is 11.7 Å². The molecule has 1 aliphatic carbocycles. The Kier molecular flexibility index (Phi) is 2.92. The van der Waals surface area contributed by atoms with Gasteiger partial charge >= 0.3 is 0 Å². The monoisotopic (exact) mass is 219 g/mol. The SMILES string of the molecule is Cc1cnc(N)c(C(=O)C2CCCC2N)c1. The lowest BCUT2D eigenvalue weighted by molar-refractivity contribution is 0.0914. The predicted molar refractivity (Wildman–Crippen MR) is 63.0 cm³/mol. The van der Waals surface area contributed by atoms with Gasteiger partial charge in [0.05, 0.1) is 5.56 Å². The summed E-state index contributed by atoms with van der Waals surface area (Å²) < 4.78 is 0. The van der Waals surface area contributed by atoms with Crippen molar-refractivity contribution >= 4 is 11.6 Å². The van der Waals surface area contributed by atoms with E-state index in [0.29, 0.717) is 11.4 Å². The minimum Gasteiger partial charge on any atom is -0.383 e. The molecule has 1 fully saturated rings. The fourth-order valence-corrected chi connectivity index (χ4v) is 2.29. The van der Waals surface area contributed by atoms with Gasteiger partial charge in [0.25, 0.3) is 0 Å². The second kappa shape index (κ2) is 4.22. The summed E-state index contributed by atoms with van der Waals surface area (Å²) >= 11 is 0. The van der Waals surface area contributed by atoms with E-state index in [4.69, 9.17) is 11.5 Å². The van der Waals surface area contributed by atoms with E-state index in [0.717, 1.165) is 24.8 Å². The largest absolute Gasteiger partial charge is 0.383 e. The number of nitrogens with zero attached hydrogens (tertiary/aromatic N) is 1. The van der Waals surface area contributed by atoms with Crippen LogP contribution in [-0.4, -0.2) is 16.8 Å². The van der Waals surface area contributed by atoms with Gasteiger partial charge in [0, 0.05) is 18.2 Å². The minimum atomic E-state index is -0.0779. The van der Waals surface area contributed by atoms with E-state index >= 15 is 0 Å². The van der Waals surface area contributed by atoms with Gasteiger partial charge in [0.2, 0.25) is 0 Å². The molecule has 1 heterocycles. The molecule has 16 heavy (non-hydrogen) atoms. The van der Waals surface area contributed by atoms with Crippen LogP contribution in [0.15, 0.2) is 12.3 Å². The average Bonchev–Trinajstić information content (AvgIpc) is 2.67. The van der Waals surface area contributed by atoms with Crippen molar-refractivity contribution in [1.82, 2.24) is 4.98 Å². The summed E-state index contributed by atoms with van der Waals surface area (Å²) in [7, 11) is 0. The van der Waals surface area contributed by atoms with Crippen LogP contribution in [0, 0.1) is 12.8 Å². The molecule has 0 bridgehead atoms. The maximum absolute atomic E-state index is 12.2. The first-order valence-electron chi connectivity index (χ1n) is 5.61. The highest BCUT2D eigenvalue weighted by Gasteiger charge is 2.31. The molecular weight excluding hydrogens is 202 g/mol. The Bertz CT molecular complexity index is 417. The number of aromatic nitrogens is 1. The molecule has 0 amide bonds. The van der Waals surface area contributed by atoms with Gasteiger partial charge in [-0.3, -0.25) is 4.79 Å². The average molecular weight is 219 g/mol. The van der Waals surface area contributed by atoms with Crippen LogP contribution in [0.4, 0.5) is 5.82 Å². The molecule has 0 aromatic carbocycles. The number of ketones is 1. The topological polar surface area (TPSA) is 82.0 Å². The van der Waals surface area contributed by atoms with Crippen LogP contribution < -0.4 is 11.5 Å². The van der Waals surface area contributed by atoms with E-state index in [2.05, 4.69) is 4.98 Å². The molecule has 0 spiro atoms. The first-order chi connectivity index (χ1) is 7.59. The molecule has 1 saturated carbocycles. The molecule has 1 aliphatic rings. The Morgan fingerprint density at radius 3 is 2.88 bits per heavy atom. The molecular formula is C12H17N3O. The summed E-state index contributed by atoms with van der Waals surface area (Å²) in [5, 5.41) is 0. The van der Waals surface area contributed by atoms with Crippen molar-refractivity contribution in [2.75, 3.05) is 5.73 Å². The smallest absolute Gasteiger partial charge is 0.171 e. The molecule has 4 heteroatoms. The lowest BCUT2D eigenvalue weighted by Gasteiger charge is -2.15. The number of carbonyl (C=O) groups excluding carboxylic acids is 1. The van der Waals surface area contributed by atoms with E-state index in [9.17, 15) is 4.79 Å². The third-order valence-electron chi connectivity index (χ3n) is 3.23. The zero-order valence-electron chi connectivity index (χ0n) is 9.44. The Labute approximate surface area is 95.0 Å². The van der Waals surface area contributed by atoms with Gasteiger partial charge in [-0.2, -0.15) is 0 Å². The van der Waals surface area contributed by atoms with E-state index in [1.165, 1.54) is 0 Å². The third-order valence-corrected chi connectivity index (χ3v) is 3.23. The number of rotatable bonds is 2. The van der Waals surface area contributed by atoms with Crippen LogP contribution in [0.25, 0.3) is 0 Å². The molecule has 0 radical (unpaired) electrons. The van der Waals surface area contributed by atoms with Crippen molar-refractivity contribution in [3.8, 4) is 0 Å². The van der Waals surface area contributed by atoms with E-state index in [1.54, 1.807) is 12.3 Å². The van der Waals surface area contributed by atoms with Gasteiger partial charge in [0.1, 0.15) is 5.82 Å². The number of nitrogen functional groups attached to an aromatic ring is 1. The molecule has 0 saturated heterocycles. The summed E-state index contributed by atoms with van der Waals surface area (Å²) in [6.45, 7) is 1.90. The van der Waals surface area contributed by atoms with Crippen LogP contribution in [0.1, 0.15) is 35.2 Å². The summed E-state index contributed by atoms with van der Waals surface area (Å²) in [5.74, 6) is 0.291. The summed E-state index contributed by atoms with van der Waals surface area (Å²) in [5.41, 5.74) is 13.1. The van der Waals surface area contributed by atoms with Crippen LogP contribution in [0.3, 0.4) is 0 Å². The maximum atomic E-state index is 12.2. The predicted octanol–water partition coefficient (Wildman–Crippen LogP) is 1.28. The van der Waals surface area contributed by atoms with E-state index in [1.807, 2.05) is 6.92 Å². The van der Waals surface area contributed by atoms with Gasteiger partial charge in [-0.1, -0.05) is 6.42 Å². The molecule has 86 valence electrons. The number of anilines is 1. The Morgan fingerprint density at radius 2 is 2.25 bits per heavy atom. The summed E-state index contributed by atoms with van der Waals surface area (Å²) in [6, 6.07) is 1.78. The van der Waals surface area contributed by atoms with Crippen LogP contribution in [0.5, 0.6) is 0 Å². The van der Waals surface area contributed by atoms with Gasteiger partial charge in [-0.15, -0.1) is 0 Å². The van der Waals surface area contributed by atoms with Crippen LogP contribution >= 0.6 is 0 Å². The maximum Gasteiger partial charge on any atom is 0.171 e. The number of pyridine rings is 1. The van der Waals surface area contributed by atoms with Gasteiger partial charge in [-0.25, -0.2) is 4.98 Å². The summed E-state index contributed by atoms with van der Waals surface area (Å²) in [4.78, 5) is 16.2. The molecule has 2 unspecified atom stereocenters. The van der Waals surface area contributed by atoms with Crippen LogP contribution in [0.2, 0.25) is 0 Å². The highest BCUT2D eigenvalue weighted by atomic mass is 16.1. The van der Waals surface area contributed by atoms with E-state index in [-0.39, 0.29) is 17.7 Å². The zero-order chi connectivity index (χ0) is 11.7. The lowest BCUT2D eigenvalue weighted by Crippen LogP contribution is -2.31. The second-order valence-electron chi connectivity index (χ2n) is 4.51. The van der Waals surface area contributed by atoms with Crippen molar-refractivity contribution < 1.29 is 4.79 Å². The molecule has 1 aromatic heterocycles. The normalized spacial score (nSPS) is 24.6. The molecule has 4 nitrogen and oxygen atoms in total. The minimum absolute atomic E-state index is 0.0209. The molecule has 2 atom stereocenters. The first-order valence-corrected chi connectivity index (χ1v) is 5.61. The van der Waals surface area contributed by atoms with Gasteiger partial charge in [-0.05, 0) is 31.4 Å². The lowest BCUT2D eigenvalue weighted by atomic mass is 9.93. The van der Waals surface area contributed by atoms with Crippen molar-refractivity contribution in [1.29, 1.82) is 0 Å².